The van der Waals surface area contributed by atoms with Crippen molar-refractivity contribution >= 4 is 15.7 Å². The van der Waals surface area contributed by atoms with Crippen molar-refractivity contribution in [2.24, 2.45) is 0 Å². The van der Waals surface area contributed by atoms with E-state index < -0.39 is 10.0 Å². The highest BCUT2D eigenvalue weighted by Crippen LogP contribution is 2.23. The summed E-state index contributed by atoms with van der Waals surface area (Å²) in [6.07, 6.45) is 0. The number of anilines is 1. The Morgan fingerprint density at radius 1 is 0.917 bits per heavy atom. The van der Waals surface area contributed by atoms with Crippen LogP contribution in [-0.2, 0) is 10.0 Å². The summed E-state index contributed by atoms with van der Waals surface area (Å²) < 4.78 is 44.9. The summed E-state index contributed by atoms with van der Waals surface area (Å²) in [5.74, 6) is 0.342. The van der Waals surface area contributed by atoms with Crippen molar-refractivity contribution in [1.82, 2.24) is 4.31 Å². The van der Waals surface area contributed by atoms with Crippen LogP contribution in [0.2, 0.25) is 0 Å². The van der Waals surface area contributed by atoms with E-state index in [1.54, 1.807) is 36.4 Å². The van der Waals surface area contributed by atoms with Crippen molar-refractivity contribution in [3.8, 4) is 5.75 Å². The third kappa shape index (κ3) is 3.37. The lowest BCUT2D eigenvalue weighted by atomic mass is 10.2. The quantitative estimate of drug-likeness (QED) is 0.849. The average molecular weight is 350 g/mol. The minimum Gasteiger partial charge on any atom is -0.497 e. The Labute approximate surface area is 141 Å². The van der Waals surface area contributed by atoms with Crippen molar-refractivity contribution < 1.29 is 17.5 Å². The van der Waals surface area contributed by atoms with E-state index in [1.807, 2.05) is 0 Å². The first kappa shape index (κ1) is 16.7. The average Bonchev–Trinajstić information content (AvgIpc) is 2.62. The molecule has 0 radical (unpaired) electrons. The Balaban J connectivity index is 1.69. The molecule has 0 bridgehead atoms. The van der Waals surface area contributed by atoms with Gasteiger partial charge in [-0.05, 0) is 48.5 Å². The summed E-state index contributed by atoms with van der Waals surface area (Å²) in [4.78, 5) is 2.32. The molecule has 24 heavy (non-hydrogen) atoms. The maximum absolute atomic E-state index is 13.0. The predicted octanol–water partition coefficient (Wildman–Crippen LogP) is 2.35. The third-order valence-corrected chi connectivity index (χ3v) is 6.04. The van der Waals surface area contributed by atoms with Gasteiger partial charge in [-0.15, -0.1) is 0 Å². The number of nitrogens with zero attached hydrogens (tertiary/aromatic N) is 2. The lowest BCUT2D eigenvalue weighted by Crippen LogP contribution is -2.48. The minimum atomic E-state index is -3.51. The fourth-order valence-electron chi connectivity index (χ4n) is 2.74. The van der Waals surface area contributed by atoms with E-state index in [0.717, 1.165) is 5.69 Å². The normalized spacial score (nSPS) is 16.2. The van der Waals surface area contributed by atoms with Crippen LogP contribution in [0.25, 0.3) is 0 Å². The van der Waals surface area contributed by atoms with Crippen LogP contribution in [0.4, 0.5) is 10.1 Å². The first-order valence-corrected chi connectivity index (χ1v) is 9.09. The predicted molar refractivity (Wildman–Crippen MR) is 90.4 cm³/mol. The highest BCUT2D eigenvalue weighted by Gasteiger charge is 2.28. The fourth-order valence-corrected chi connectivity index (χ4v) is 4.16. The number of piperazine rings is 1. The van der Waals surface area contributed by atoms with Crippen LogP contribution < -0.4 is 9.64 Å². The lowest BCUT2D eigenvalue weighted by Gasteiger charge is -2.35. The Morgan fingerprint density at radius 2 is 1.50 bits per heavy atom. The van der Waals surface area contributed by atoms with Gasteiger partial charge in [0, 0.05) is 31.9 Å². The van der Waals surface area contributed by atoms with E-state index in [9.17, 15) is 12.8 Å². The van der Waals surface area contributed by atoms with Gasteiger partial charge in [-0.25, -0.2) is 12.8 Å². The van der Waals surface area contributed by atoms with Gasteiger partial charge in [0.1, 0.15) is 11.6 Å². The summed E-state index contributed by atoms with van der Waals surface area (Å²) in [6.45, 7) is 1.93. The molecule has 1 fully saturated rings. The maximum Gasteiger partial charge on any atom is 0.243 e. The molecule has 1 heterocycles. The molecule has 0 unspecified atom stereocenters. The van der Waals surface area contributed by atoms with Crippen LogP contribution in [0.1, 0.15) is 0 Å². The summed E-state index contributed by atoms with van der Waals surface area (Å²) >= 11 is 0. The molecule has 1 aliphatic heterocycles. The second-order valence-electron chi connectivity index (χ2n) is 5.54. The van der Waals surface area contributed by atoms with Crippen LogP contribution in [0.5, 0.6) is 5.75 Å². The zero-order valence-corrected chi connectivity index (χ0v) is 14.2. The number of ether oxygens (including phenoxy) is 1. The first-order valence-electron chi connectivity index (χ1n) is 7.65. The molecule has 0 aliphatic carbocycles. The van der Waals surface area contributed by atoms with Crippen LogP contribution in [0, 0.1) is 5.82 Å². The van der Waals surface area contributed by atoms with E-state index in [2.05, 4.69) is 4.90 Å². The molecular formula is C17H19FN2O3S. The summed E-state index contributed by atoms with van der Waals surface area (Å²) in [5, 5.41) is 0. The fraction of sp³-hybridized carbons (Fsp3) is 0.294. The monoisotopic (exact) mass is 350 g/mol. The van der Waals surface area contributed by atoms with Gasteiger partial charge in [-0.1, -0.05) is 0 Å². The van der Waals surface area contributed by atoms with Gasteiger partial charge in [0.2, 0.25) is 10.0 Å². The molecular weight excluding hydrogens is 331 g/mol. The molecule has 3 rings (SSSR count). The molecule has 1 aliphatic rings. The Hall–Kier alpha value is -2.12. The number of rotatable bonds is 4. The Bertz CT molecular complexity index is 784. The van der Waals surface area contributed by atoms with Gasteiger partial charge in [0.25, 0.3) is 0 Å². The van der Waals surface area contributed by atoms with Gasteiger partial charge in [-0.3, -0.25) is 0 Å². The number of sulfonamides is 1. The number of halogens is 1. The number of hydrogen-bond donors (Lipinski definition) is 0. The summed E-state index contributed by atoms with van der Waals surface area (Å²) in [7, 11) is -1.97. The summed E-state index contributed by atoms with van der Waals surface area (Å²) in [6, 6.07) is 12.6. The highest BCUT2D eigenvalue weighted by molar-refractivity contribution is 7.89. The van der Waals surface area contributed by atoms with E-state index in [-0.39, 0.29) is 10.7 Å². The van der Waals surface area contributed by atoms with Crippen LogP contribution in [0.3, 0.4) is 0 Å². The van der Waals surface area contributed by atoms with Crippen LogP contribution in [0.15, 0.2) is 53.4 Å². The largest absolute Gasteiger partial charge is 0.497 e. The third-order valence-electron chi connectivity index (χ3n) is 4.13. The highest BCUT2D eigenvalue weighted by atomic mass is 32.2. The van der Waals surface area contributed by atoms with E-state index in [1.165, 1.54) is 23.5 Å². The van der Waals surface area contributed by atoms with Crippen LogP contribution in [-0.4, -0.2) is 46.0 Å². The van der Waals surface area contributed by atoms with Gasteiger partial charge in [-0.2, -0.15) is 4.31 Å². The Morgan fingerprint density at radius 3 is 2.04 bits per heavy atom. The SMILES string of the molecule is COc1ccc(S(=O)(=O)N2CCN(c3ccc(F)cc3)CC2)cc1. The molecule has 0 aromatic heterocycles. The molecule has 0 amide bonds. The lowest BCUT2D eigenvalue weighted by molar-refractivity contribution is 0.384. The van der Waals surface area contributed by atoms with E-state index >= 15 is 0 Å². The molecule has 2 aromatic carbocycles. The van der Waals surface area contributed by atoms with Gasteiger partial charge in [0.05, 0.1) is 12.0 Å². The molecule has 0 N–H and O–H groups in total. The smallest absolute Gasteiger partial charge is 0.243 e. The molecule has 2 aromatic rings. The van der Waals surface area contributed by atoms with Crippen molar-refractivity contribution in [2.45, 2.75) is 4.90 Å². The number of benzene rings is 2. The number of methoxy groups -OCH3 is 1. The maximum atomic E-state index is 13.0. The second kappa shape index (κ2) is 6.78. The summed E-state index contributed by atoms with van der Waals surface area (Å²) in [5.41, 5.74) is 0.901. The van der Waals surface area contributed by atoms with Crippen molar-refractivity contribution in [1.29, 1.82) is 0 Å². The van der Waals surface area contributed by atoms with Crippen molar-refractivity contribution in [3.05, 3.63) is 54.3 Å². The molecule has 0 atom stereocenters. The van der Waals surface area contributed by atoms with Crippen LogP contribution >= 0.6 is 0 Å². The topological polar surface area (TPSA) is 49.9 Å². The molecule has 0 spiro atoms. The molecule has 7 heteroatoms. The van der Waals surface area contributed by atoms with Crippen molar-refractivity contribution in [2.75, 3.05) is 38.2 Å². The zero-order chi connectivity index (χ0) is 17.2. The zero-order valence-electron chi connectivity index (χ0n) is 13.4. The molecule has 0 saturated carbocycles. The van der Waals surface area contributed by atoms with E-state index in [0.29, 0.717) is 31.9 Å². The van der Waals surface area contributed by atoms with Crippen molar-refractivity contribution in [3.63, 3.8) is 0 Å². The molecule has 1 saturated heterocycles. The second-order valence-corrected chi connectivity index (χ2v) is 7.48. The van der Waals surface area contributed by atoms with Gasteiger partial charge in [0.15, 0.2) is 0 Å². The Kier molecular flexibility index (Phi) is 4.73. The van der Waals surface area contributed by atoms with E-state index in [4.69, 9.17) is 4.74 Å². The number of hydrogen-bond acceptors (Lipinski definition) is 4. The first-order chi connectivity index (χ1) is 11.5. The standard InChI is InChI=1S/C17H19FN2O3S/c1-23-16-6-8-17(9-7-16)24(21,22)20-12-10-19(11-13-20)15-4-2-14(18)3-5-15/h2-9H,10-13H2,1H3. The molecule has 128 valence electrons. The molecule has 5 nitrogen and oxygen atoms in total. The van der Waals surface area contributed by atoms with Gasteiger partial charge >= 0.3 is 0 Å². The van der Waals surface area contributed by atoms with Gasteiger partial charge < -0.3 is 9.64 Å². The minimum absolute atomic E-state index is 0.263.